The van der Waals surface area contributed by atoms with Gasteiger partial charge in [0.2, 0.25) is 11.8 Å². The number of esters is 2. The molecule has 2 atom stereocenters. The SMILES string of the molecule is O=C(CN1C(=O)C2CC=CCC2C1=O)OCC(=O)c1ccc(OC(=O)c2ccc([N+](=O)[O-])cc2)cc1. The number of hydrogen-bond donors (Lipinski definition) is 0. The smallest absolute Gasteiger partial charge is 0.343 e. The molecule has 184 valence electrons. The van der Waals surface area contributed by atoms with Crippen molar-refractivity contribution in [1.29, 1.82) is 0 Å². The zero-order valence-corrected chi connectivity index (χ0v) is 18.8. The molecule has 2 aliphatic rings. The van der Waals surface area contributed by atoms with Crippen molar-refractivity contribution in [3.05, 3.63) is 81.9 Å². The second-order valence-electron chi connectivity index (χ2n) is 8.22. The Balaban J connectivity index is 1.27. The summed E-state index contributed by atoms with van der Waals surface area (Å²) in [5.74, 6) is -3.73. The van der Waals surface area contributed by atoms with Crippen LogP contribution in [0, 0.1) is 22.0 Å². The van der Waals surface area contributed by atoms with Crippen molar-refractivity contribution in [3.63, 3.8) is 0 Å². The predicted molar refractivity (Wildman–Crippen MR) is 122 cm³/mol. The Morgan fingerprint density at radius 2 is 1.44 bits per heavy atom. The van der Waals surface area contributed by atoms with Crippen LogP contribution in [0.15, 0.2) is 60.7 Å². The average molecular weight is 492 g/mol. The van der Waals surface area contributed by atoms with Crippen LogP contribution in [0.25, 0.3) is 0 Å². The maximum absolute atomic E-state index is 12.4. The van der Waals surface area contributed by atoms with Gasteiger partial charge in [0, 0.05) is 17.7 Å². The van der Waals surface area contributed by atoms with Gasteiger partial charge in [-0.25, -0.2) is 4.79 Å². The van der Waals surface area contributed by atoms with E-state index in [0.29, 0.717) is 12.8 Å². The van der Waals surface area contributed by atoms with Gasteiger partial charge in [0.1, 0.15) is 12.3 Å². The Kier molecular flexibility index (Phi) is 7.00. The molecule has 0 spiro atoms. The molecule has 1 saturated heterocycles. The Labute approximate surface area is 204 Å². The zero-order valence-electron chi connectivity index (χ0n) is 18.8. The van der Waals surface area contributed by atoms with E-state index in [1.54, 1.807) is 0 Å². The van der Waals surface area contributed by atoms with Crippen molar-refractivity contribution in [1.82, 2.24) is 4.90 Å². The third kappa shape index (κ3) is 5.19. The third-order valence-corrected chi connectivity index (χ3v) is 5.95. The number of benzene rings is 2. The highest BCUT2D eigenvalue weighted by atomic mass is 16.6. The molecular weight excluding hydrogens is 472 g/mol. The van der Waals surface area contributed by atoms with Gasteiger partial charge in [-0.15, -0.1) is 0 Å². The summed E-state index contributed by atoms with van der Waals surface area (Å²) in [6.07, 6.45) is 4.60. The van der Waals surface area contributed by atoms with Crippen molar-refractivity contribution < 1.29 is 38.4 Å². The number of Topliss-reactive ketones (excluding diaryl/α,β-unsaturated/α-hetero) is 1. The number of ether oxygens (including phenoxy) is 2. The number of allylic oxidation sites excluding steroid dienone is 2. The number of hydrogen-bond acceptors (Lipinski definition) is 9. The summed E-state index contributed by atoms with van der Waals surface area (Å²) in [4.78, 5) is 72.6. The number of ketones is 1. The van der Waals surface area contributed by atoms with Crippen LogP contribution in [0.5, 0.6) is 5.75 Å². The molecule has 11 nitrogen and oxygen atoms in total. The molecule has 0 N–H and O–H groups in total. The predicted octanol–water partition coefficient (Wildman–Crippen LogP) is 2.49. The van der Waals surface area contributed by atoms with Gasteiger partial charge in [-0.05, 0) is 49.2 Å². The molecule has 4 rings (SSSR count). The van der Waals surface area contributed by atoms with E-state index in [0.717, 1.165) is 4.90 Å². The van der Waals surface area contributed by atoms with E-state index in [1.165, 1.54) is 48.5 Å². The molecule has 2 amide bonds. The summed E-state index contributed by atoms with van der Waals surface area (Å²) in [6.45, 7) is -1.14. The molecule has 1 heterocycles. The van der Waals surface area contributed by atoms with Crippen molar-refractivity contribution in [3.8, 4) is 5.75 Å². The van der Waals surface area contributed by atoms with E-state index in [-0.39, 0.29) is 22.6 Å². The fourth-order valence-corrected chi connectivity index (χ4v) is 4.02. The van der Waals surface area contributed by atoms with E-state index < -0.39 is 59.4 Å². The molecule has 0 bridgehead atoms. The summed E-state index contributed by atoms with van der Waals surface area (Å²) in [7, 11) is 0. The number of amides is 2. The number of nitro groups is 1. The maximum Gasteiger partial charge on any atom is 0.343 e. The number of carbonyl (C=O) groups excluding carboxylic acids is 5. The summed E-state index contributed by atoms with van der Waals surface area (Å²) in [5, 5.41) is 10.7. The summed E-state index contributed by atoms with van der Waals surface area (Å²) in [6, 6.07) is 10.4. The van der Waals surface area contributed by atoms with Crippen molar-refractivity contribution in [2.75, 3.05) is 13.2 Å². The van der Waals surface area contributed by atoms with Crippen molar-refractivity contribution >= 4 is 35.2 Å². The van der Waals surface area contributed by atoms with Crippen molar-refractivity contribution in [2.24, 2.45) is 11.8 Å². The molecule has 0 saturated carbocycles. The number of non-ortho nitro benzene ring substituents is 1. The van der Waals surface area contributed by atoms with Gasteiger partial charge in [0.05, 0.1) is 22.3 Å². The van der Waals surface area contributed by atoms with Gasteiger partial charge in [-0.2, -0.15) is 0 Å². The number of imide groups is 1. The lowest BCUT2D eigenvalue weighted by Crippen LogP contribution is -2.37. The summed E-state index contributed by atoms with van der Waals surface area (Å²) >= 11 is 0. The molecule has 2 unspecified atom stereocenters. The normalized spacial score (nSPS) is 18.5. The third-order valence-electron chi connectivity index (χ3n) is 5.95. The molecular formula is C25H20N2O9. The lowest BCUT2D eigenvalue weighted by atomic mass is 9.85. The lowest BCUT2D eigenvalue weighted by molar-refractivity contribution is -0.384. The van der Waals surface area contributed by atoms with E-state index >= 15 is 0 Å². The van der Waals surface area contributed by atoms with Crippen LogP contribution in [-0.4, -0.2) is 52.5 Å². The summed E-state index contributed by atoms with van der Waals surface area (Å²) in [5.41, 5.74) is 0.130. The summed E-state index contributed by atoms with van der Waals surface area (Å²) < 4.78 is 10.2. The molecule has 1 aliphatic carbocycles. The monoisotopic (exact) mass is 492 g/mol. The van der Waals surface area contributed by atoms with E-state index in [1.807, 2.05) is 12.2 Å². The molecule has 0 radical (unpaired) electrons. The van der Waals surface area contributed by atoms with Crippen molar-refractivity contribution in [2.45, 2.75) is 12.8 Å². The van der Waals surface area contributed by atoms with Gasteiger partial charge < -0.3 is 9.47 Å². The van der Waals surface area contributed by atoms with E-state index in [4.69, 9.17) is 9.47 Å². The minimum absolute atomic E-state index is 0.109. The van der Waals surface area contributed by atoms with Crippen LogP contribution < -0.4 is 4.74 Å². The first-order valence-electron chi connectivity index (χ1n) is 11.0. The molecule has 1 aliphatic heterocycles. The van der Waals surface area contributed by atoms with Gasteiger partial charge in [-0.1, -0.05) is 12.2 Å². The highest BCUT2D eigenvalue weighted by molar-refractivity contribution is 6.07. The fraction of sp³-hybridized carbons (Fsp3) is 0.240. The molecule has 36 heavy (non-hydrogen) atoms. The van der Waals surface area contributed by atoms with E-state index in [9.17, 15) is 34.1 Å². The maximum atomic E-state index is 12.4. The number of likely N-dealkylation sites (tertiary alicyclic amines) is 1. The molecule has 1 fully saturated rings. The van der Waals surface area contributed by atoms with Crippen LogP contribution in [0.3, 0.4) is 0 Å². The Morgan fingerprint density at radius 3 is 2.00 bits per heavy atom. The second-order valence-corrected chi connectivity index (χ2v) is 8.22. The topological polar surface area (TPSA) is 150 Å². The van der Waals surface area contributed by atoms with E-state index in [2.05, 4.69) is 0 Å². The number of fused-ring (bicyclic) bond motifs is 1. The molecule has 2 aromatic rings. The van der Waals surface area contributed by atoms with Gasteiger partial charge in [0.25, 0.3) is 5.69 Å². The average Bonchev–Trinajstić information content (AvgIpc) is 3.12. The molecule has 0 aromatic heterocycles. The Hall–Kier alpha value is -4.67. The number of nitrogens with zero attached hydrogens (tertiary/aromatic N) is 2. The van der Waals surface area contributed by atoms with Crippen LogP contribution >= 0.6 is 0 Å². The lowest BCUT2D eigenvalue weighted by Gasteiger charge is -2.14. The number of nitro benzene ring substituents is 1. The minimum Gasteiger partial charge on any atom is -0.456 e. The Bertz CT molecular complexity index is 1240. The zero-order chi connectivity index (χ0) is 25.8. The Morgan fingerprint density at radius 1 is 0.889 bits per heavy atom. The first-order chi connectivity index (χ1) is 17.2. The fourth-order valence-electron chi connectivity index (χ4n) is 4.02. The minimum atomic E-state index is -0.870. The highest BCUT2D eigenvalue weighted by Gasteiger charge is 2.47. The van der Waals surface area contributed by atoms with Crippen LogP contribution in [0.1, 0.15) is 33.6 Å². The number of rotatable bonds is 8. The largest absolute Gasteiger partial charge is 0.456 e. The first kappa shape index (κ1) is 24.5. The van der Waals surface area contributed by atoms with Crippen LogP contribution in [-0.2, 0) is 19.1 Å². The quantitative estimate of drug-likeness (QED) is 0.103. The highest BCUT2D eigenvalue weighted by Crippen LogP contribution is 2.34. The van der Waals surface area contributed by atoms with Gasteiger partial charge in [0.15, 0.2) is 12.4 Å². The van der Waals surface area contributed by atoms with Crippen LogP contribution in [0.4, 0.5) is 5.69 Å². The molecule has 11 heteroatoms. The second kappa shape index (κ2) is 10.3. The first-order valence-corrected chi connectivity index (χ1v) is 11.0. The standard InChI is InChI=1S/C25H20N2O9/c28-21(14-35-22(29)13-26-23(30)19-3-1-2-4-20(19)24(26)31)15-7-11-18(12-8-15)36-25(32)16-5-9-17(10-6-16)27(33)34/h1-2,5-12,19-20H,3-4,13-14H2. The number of carbonyl (C=O) groups is 5. The van der Waals surface area contributed by atoms with Gasteiger partial charge in [-0.3, -0.25) is 34.2 Å². The van der Waals surface area contributed by atoms with Crippen LogP contribution in [0.2, 0.25) is 0 Å². The molecule has 2 aromatic carbocycles. The van der Waals surface area contributed by atoms with Gasteiger partial charge >= 0.3 is 11.9 Å².